The van der Waals surface area contributed by atoms with Gasteiger partial charge in [0.2, 0.25) is 0 Å². The van der Waals surface area contributed by atoms with Crippen molar-refractivity contribution in [2.24, 2.45) is 0 Å². The summed E-state index contributed by atoms with van der Waals surface area (Å²) in [6, 6.07) is 3.84. The van der Waals surface area contributed by atoms with Gasteiger partial charge in [-0.25, -0.2) is 9.78 Å². The highest BCUT2D eigenvalue weighted by Crippen LogP contribution is 2.26. The van der Waals surface area contributed by atoms with Crippen molar-refractivity contribution in [3.63, 3.8) is 0 Å². The Morgan fingerprint density at radius 3 is 2.86 bits per heavy atom. The fraction of sp³-hybridized carbons (Fsp3) is 0.625. The maximum Gasteiger partial charge on any atom is 0.335 e. The number of hydrogen-bond acceptors (Lipinski definition) is 4. The molecule has 5 heteroatoms. The Labute approximate surface area is 126 Å². The number of rotatable bonds is 6. The van der Waals surface area contributed by atoms with Gasteiger partial charge in [-0.3, -0.25) is 0 Å². The lowest BCUT2D eigenvalue weighted by Gasteiger charge is -2.28. The van der Waals surface area contributed by atoms with Gasteiger partial charge in [0.15, 0.2) is 0 Å². The van der Waals surface area contributed by atoms with E-state index in [1.54, 1.807) is 12.1 Å². The molecule has 1 unspecified atom stereocenters. The van der Waals surface area contributed by atoms with Gasteiger partial charge < -0.3 is 14.9 Å². The van der Waals surface area contributed by atoms with Crippen LogP contribution in [0, 0.1) is 0 Å². The number of aromatic nitrogens is 1. The number of carboxylic acid groups (broad SMARTS) is 1. The van der Waals surface area contributed by atoms with Crippen LogP contribution in [-0.4, -0.2) is 54.2 Å². The van der Waals surface area contributed by atoms with Crippen molar-refractivity contribution in [1.82, 2.24) is 9.88 Å². The molecule has 0 radical (unpaired) electrons. The molecule has 0 bridgehead atoms. The van der Waals surface area contributed by atoms with E-state index < -0.39 is 5.97 Å². The molecule has 0 spiro atoms. The van der Waals surface area contributed by atoms with Gasteiger partial charge in [0.25, 0.3) is 0 Å². The Balaban J connectivity index is 2.30. The minimum Gasteiger partial charge on any atom is -0.478 e. The first kappa shape index (κ1) is 15.8. The molecule has 1 atom stereocenters. The minimum absolute atomic E-state index is 0.346. The van der Waals surface area contributed by atoms with Gasteiger partial charge in [-0.1, -0.05) is 13.3 Å². The molecular weight excluding hydrogens is 266 g/mol. The van der Waals surface area contributed by atoms with Crippen LogP contribution < -0.4 is 4.90 Å². The van der Waals surface area contributed by atoms with Crippen molar-refractivity contribution < 1.29 is 9.90 Å². The second-order valence-corrected chi connectivity index (χ2v) is 6.01. The highest BCUT2D eigenvalue weighted by Gasteiger charge is 2.27. The molecule has 1 N–H and O–H groups in total. The Morgan fingerprint density at radius 2 is 2.24 bits per heavy atom. The topological polar surface area (TPSA) is 56.7 Å². The molecule has 1 aliphatic heterocycles. The molecular formula is C16H25N3O2. The number of aryl methyl sites for hydroxylation is 1. The van der Waals surface area contributed by atoms with Crippen LogP contribution in [0.4, 0.5) is 5.82 Å². The van der Waals surface area contributed by atoms with Gasteiger partial charge in [0.05, 0.1) is 5.56 Å². The predicted molar refractivity (Wildman–Crippen MR) is 84.1 cm³/mol. The first-order chi connectivity index (χ1) is 10.0. The molecule has 1 aromatic heterocycles. The summed E-state index contributed by atoms with van der Waals surface area (Å²) in [6.07, 6.45) is 4.07. The molecule has 0 amide bonds. The molecule has 21 heavy (non-hydrogen) atoms. The van der Waals surface area contributed by atoms with Crippen LogP contribution in [0.15, 0.2) is 12.1 Å². The highest BCUT2D eigenvalue weighted by molar-refractivity contribution is 5.88. The second-order valence-electron chi connectivity index (χ2n) is 6.01. The van der Waals surface area contributed by atoms with Crippen LogP contribution in [0.2, 0.25) is 0 Å². The number of aromatic carboxylic acids is 1. The zero-order valence-corrected chi connectivity index (χ0v) is 13.2. The van der Waals surface area contributed by atoms with E-state index in [4.69, 9.17) is 0 Å². The molecule has 0 aromatic carbocycles. The van der Waals surface area contributed by atoms with E-state index in [0.717, 1.165) is 50.3 Å². The largest absolute Gasteiger partial charge is 0.478 e. The molecule has 5 nitrogen and oxygen atoms in total. The number of nitrogens with zero attached hydrogens (tertiary/aromatic N) is 3. The summed E-state index contributed by atoms with van der Waals surface area (Å²) in [5, 5.41) is 9.30. The van der Waals surface area contributed by atoms with Crippen molar-refractivity contribution in [1.29, 1.82) is 0 Å². The van der Waals surface area contributed by atoms with E-state index in [1.165, 1.54) is 0 Å². The Hall–Kier alpha value is -1.62. The standard InChI is InChI=1S/C16H25N3O2/c1-4-6-13-9-12(16(20)21)10-15(17-13)19-8-5-7-14(19)11-18(2)3/h9-10,14H,4-8,11H2,1-3H3,(H,20,21). The van der Waals surface area contributed by atoms with E-state index in [2.05, 4.69) is 35.8 Å². The summed E-state index contributed by atoms with van der Waals surface area (Å²) in [7, 11) is 4.14. The molecule has 1 saturated heterocycles. The summed E-state index contributed by atoms with van der Waals surface area (Å²) in [6.45, 7) is 4.02. The van der Waals surface area contributed by atoms with Crippen molar-refractivity contribution >= 4 is 11.8 Å². The van der Waals surface area contributed by atoms with Crippen molar-refractivity contribution in [3.05, 3.63) is 23.4 Å². The molecule has 1 aromatic rings. The van der Waals surface area contributed by atoms with E-state index in [0.29, 0.717) is 11.6 Å². The third-order valence-electron chi connectivity index (χ3n) is 3.87. The summed E-state index contributed by atoms with van der Waals surface area (Å²) >= 11 is 0. The normalized spacial score (nSPS) is 18.5. The van der Waals surface area contributed by atoms with Crippen molar-refractivity contribution in [2.45, 2.75) is 38.6 Å². The SMILES string of the molecule is CCCc1cc(C(=O)O)cc(N2CCCC2CN(C)C)n1. The van der Waals surface area contributed by atoms with E-state index in [1.807, 2.05) is 0 Å². The number of likely N-dealkylation sites (N-methyl/N-ethyl adjacent to an activating group) is 1. The third-order valence-corrected chi connectivity index (χ3v) is 3.87. The average molecular weight is 291 g/mol. The Morgan fingerprint density at radius 1 is 1.48 bits per heavy atom. The lowest BCUT2D eigenvalue weighted by molar-refractivity contribution is 0.0696. The lowest BCUT2D eigenvalue weighted by atomic mass is 10.1. The first-order valence-electron chi connectivity index (χ1n) is 7.67. The van der Waals surface area contributed by atoms with Crippen molar-refractivity contribution in [2.75, 3.05) is 32.1 Å². The minimum atomic E-state index is -0.876. The number of hydrogen-bond donors (Lipinski definition) is 1. The summed E-state index contributed by atoms with van der Waals surface area (Å²) in [5.41, 5.74) is 1.22. The quantitative estimate of drug-likeness (QED) is 0.871. The van der Waals surface area contributed by atoms with Crippen LogP contribution in [0.3, 0.4) is 0 Å². The highest BCUT2D eigenvalue weighted by atomic mass is 16.4. The Bertz CT molecular complexity index is 502. The summed E-state index contributed by atoms with van der Waals surface area (Å²) in [5.74, 6) is -0.0536. The van der Waals surface area contributed by atoms with E-state index in [-0.39, 0.29) is 0 Å². The van der Waals surface area contributed by atoms with E-state index in [9.17, 15) is 9.90 Å². The van der Waals surface area contributed by atoms with Crippen molar-refractivity contribution in [3.8, 4) is 0 Å². The molecule has 1 fully saturated rings. The number of anilines is 1. The molecule has 0 aliphatic carbocycles. The van der Waals surface area contributed by atoms with Crippen LogP contribution in [-0.2, 0) is 6.42 Å². The Kier molecular flexibility index (Phi) is 5.17. The summed E-state index contributed by atoms with van der Waals surface area (Å²) in [4.78, 5) is 20.5. The number of pyridine rings is 1. The van der Waals surface area contributed by atoms with Gasteiger partial charge in [-0.15, -0.1) is 0 Å². The average Bonchev–Trinajstić information content (AvgIpc) is 2.86. The van der Waals surface area contributed by atoms with Crippen LogP contribution in [0.25, 0.3) is 0 Å². The number of carbonyl (C=O) groups is 1. The molecule has 0 saturated carbocycles. The maximum atomic E-state index is 11.3. The molecule has 116 valence electrons. The van der Waals surface area contributed by atoms with Gasteiger partial charge in [0, 0.05) is 24.8 Å². The molecule has 2 heterocycles. The monoisotopic (exact) mass is 291 g/mol. The van der Waals surface area contributed by atoms with Gasteiger partial charge in [-0.05, 0) is 45.5 Å². The lowest BCUT2D eigenvalue weighted by Crippen LogP contribution is -2.38. The van der Waals surface area contributed by atoms with Gasteiger partial charge in [0.1, 0.15) is 5.82 Å². The first-order valence-corrected chi connectivity index (χ1v) is 7.67. The smallest absolute Gasteiger partial charge is 0.335 e. The summed E-state index contributed by atoms with van der Waals surface area (Å²) < 4.78 is 0. The van der Waals surface area contributed by atoms with Crippen LogP contribution in [0.5, 0.6) is 0 Å². The fourth-order valence-corrected chi connectivity index (χ4v) is 2.98. The molecule has 1 aliphatic rings. The molecule has 2 rings (SSSR count). The van der Waals surface area contributed by atoms with Crippen LogP contribution in [0.1, 0.15) is 42.2 Å². The zero-order valence-electron chi connectivity index (χ0n) is 13.2. The maximum absolute atomic E-state index is 11.3. The van der Waals surface area contributed by atoms with E-state index >= 15 is 0 Å². The van der Waals surface area contributed by atoms with Crippen LogP contribution >= 0.6 is 0 Å². The third kappa shape index (κ3) is 3.94. The second kappa shape index (κ2) is 6.89. The van der Waals surface area contributed by atoms with Gasteiger partial charge in [-0.2, -0.15) is 0 Å². The number of carboxylic acids is 1. The van der Waals surface area contributed by atoms with Gasteiger partial charge >= 0.3 is 5.97 Å². The zero-order chi connectivity index (χ0) is 15.4. The predicted octanol–water partition coefficient (Wildman–Crippen LogP) is 2.26. The fourth-order valence-electron chi connectivity index (χ4n) is 2.98.